The lowest BCUT2D eigenvalue weighted by Crippen LogP contribution is -2.12. The molecule has 0 atom stereocenters. The molecule has 0 spiro atoms. The first-order valence-corrected chi connectivity index (χ1v) is 17.8. The van der Waals surface area contributed by atoms with E-state index in [2.05, 4.69) is 216 Å². The minimum atomic E-state index is 1.13. The Balaban J connectivity index is 1.14. The summed E-state index contributed by atoms with van der Waals surface area (Å²) in [5.74, 6) is 0. The minimum Gasteiger partial charge on any atom is -0.309 e. The van der Waals surface area contributed by atoms with E-state index in [1.165, 1.54) is 72.0 Å². The van der Waals surface area contributed by atoms with Crippen LogP contribution in [0.15, 0.2) is 194 Å². The summed E-state index contributed by atoms with van der Waals surface area (Å²) in [4.78, 5) is 2.43. The van der Waals surface area contributed by atoms with Crippen molar-refractivity contribution in [2.75, 3.05) is 4.90 Å². The van der Waals surface area contributed by atoms with Crippen LogP contribution in [0.2, 0.25) is 0 Å². The predicted molar refractivity (Wildman–Crippen MR) is 221 cm³/mol. The van der Waals surface area contributed by atoms with E-state index in [1.54, 1.807) is 0 Å². The van der Waals surface area contributed by atoms with Crippen molar-refractivity contribution in [1.82, 2.24) is 4.57 Å². The molecule has 10 rings (SSSR count). The molecule has 0 bridgehead atoms. The number of benzene rings is 8. The summed E-state index contributed by atoms with van der Waals surface area (Å²) in [5, 5.41) is 2.51. The number of hydrogen-bond donors (Lipinski definition) is 0. The molecule has 1 aliphatic rings. The molecule has 9 aromatic rings. The third-order valence-corrected chi connectivity index (χ3v) is 10.3. The molecule has 1 aliphatic heterocycles. The van der Waals surface area contributed by atoms with Crippen molar-refractivity contribution in [2.24, 2.45) is 0 Å². The Morgan fingerprint density at radius 2 is 0.846 bits per heavy atom. The number of hydrogen-bond acceptors (Lipinski definition) is 1. The lowest BCUT2D eigenvalue weighted by atomic mass is 9.96. The highest BCUT2D eigenvalue weighted by molar-refractivity contribution is 6.10. The molecule has 52 heavy (non-hydrogen) atoms. The third-order valence-electron chi connectivity index (χ3n) is 10.3. The van der Waals surface area contributed by atoms with Crippen LogP contribution in [0.4, 0.5) is 17.1 Å². The monoisotopic (exact) mass is 662 g/mol. The van der Waals surface area contributed by atoms with Crippen LogP contribution in [0.5, 0.6) is 0 Å². The van der Waals surface area contributed by atoms with Crippen LogP contribution in [0.3, 0.4) is 0 Å². The molecule has 8 aromatic carbocycles. The number of anilines is 3. The Kier molecular flexibility index (Phi) is 7.18. The van der Waals surface area contributed by atoms with E-state index in [0.717, 1.165) is 17.1 Å². The molecule has 0 amide bonds. The average Bonchev–Trinajstić information content (AvgIpc) is 3.45. The summed E-state index contributed by atoms with van der Waals surface area (Å²) in [6.45, 7) is 0. The van der Waals surface area contributed by atoms with Crippen LogP contribution in [-0.4, -0.2) is 4.57 Å². The second-order valence-corrected chi connectivity index (χ2v) is 13.4. The van der Waals surface area contributed by atoms with Crippen molar-refractivity contribution in [2.45, 2.75) is 0 Å². The second kappa shape index (κ2) is 12.5. The number of aromatic nitrogens is 1. The lowest BCUT2D eigenvalue weighted by Gasteiger charge is -2.28. The standard InChI is InChI=1S/C50H34N2/c1-4-14-35(15-5-1)41-31-42(36-16-6-2-7-17-36)33-44(32-41)52-47-22-12-10-18-37(47)24-25-40-30-38(26-28-48(40)52)39-27-29-50-46(34-39)45-21-11-13-23-49(45)51(50)43-19-8-3-9-20-43/h1-34H. The van der Waals surface area contributed by atoms with Gasteiger partial charge in [0, 0.05) is 22.1 Å². The van der Waals surface area contributed by atoms with Crippen molar-refractivity contribution < 1.29 is 0 Å². The molecule has 0 saturated carbocycles. The van der Waals surface area contributed by atoms with E-state index in [9.17, 15) is 0 Å². The summed E-state index contributed by atoms with van der Waals surface area (Å²) in [6, 6.07) is 70.3. The maximum atomic E-state index is 2.43. The van der Waals surface area contributed by atoms with Gasteiger partial charge in [-0.1, -0.05) is 140 Å². The molecule has 0 aliphatic carbocycles. The van der Waals surface area contributed by atoms with E-state index in [-0.39, 0.29) is 0 Å². The summed E-state index contributed by atoms with van der Waals surface area (Å²) in [5.41, 5.74) is 16.5. The van der Waals surface area contributed by atoms with Crippen LogP contribution in [0, 0.1) is 0 Å². The van der Waals surface area contributed by atoms with Gasteiger partial charge in [0.05, 0.1) is 22.4 Å². The van der Waals surface area contributed by atoms with Crippen LogP contribution >= 0.6 is 0 Å². The van der Waals surface area contributed by atoms with Gasteiger partial charge in [0.25, 0.3) is 0 Å². The predicted octanol–water partition coefficient (Wildman–Crippen LogP) is 13.7. The first-order chi connectivity index (χ1) is 25.8. The highest BCUT2D eigenvalue weighted by atomic mass is 15.1. The van der Waals surface area contributed by atoms with Crippen molar-refractivity contribution in [3.05, 3.63) is 205 Å². The fraction of sp³-hybridized carbons (Fsp3) is 0. The van der Waals surface area contributed by atoms with Gasteiger partial charge in [-0.05, 0) is 111 Å². The number of para-hydroxylation sites is 3. The number of rotatable bonds is 5. The Labute approximate surface area is 303 Å². The van der Waals surface area contributed by atoms with Crippen LogP contribution < -0.4 is 4.90 Å². The first kappa shape index (κ1) is 30.0. The second-order valence-electron chi connectivity index (χ2n) is 13.4. The van der Waals surface area contributed by atoms with E-state index in [0.29, 0.717) is 0 Å². The highest BCUT2D eigenvalue weighted by Crippen LogP contribution is 2.45. The van der Waals surface area contributed by atoms with Crippen molar-refractivity contribution in [3.63, 3.8) is 0 Å². The van der Waals surface area contributed by atoms with Crippen LogP contribution in [0.25, 0.3) is 73.0 Å². The molecule has 0 unspecified atom stereocenters. The number of fused-ring (bicyclic) bond motifs is 5. The van der Waals surface area contributed by atoms with Gasteiger partial charge in [-0.25, -0.2) is 0 Å². The molecule has 0 saturated heterocycles. The summed E-state index contributed by atoms with van der Waals surface area (Å²) >= 11 is 0. The quantitative estimate of drug-likeness (QED) is 0.178. The molecule has 0 fully saturated rings. The highest BCUT2D eigenvalue weighted by Gasteiger charge is 2.22. The van der Waals surface area contributed by atoms with Gasteiger partial charge < -0.3 is 9.47 Å². The largest absolute Gasteiger partial charge is 0.309 e. The maximum absolute atomic E-state index is 2.43. The molecule has 0 N–H and O–H groups in total. The maximum Gasteiger partial charge on any atom is 0.0541 e. The average molecular weight is 663 g/mol. The third kappa shape index (κ3) is 5.12. The van der Waals surface area contributed by atoms with Gasteiger partial charge in [0.1, 0.15) is 0 Å². The molecule has 1 aromatic heterocycles. The lowest BCUT2D eigenvalue weighted by molar-refractivity contribution is 1.18. The van der Waals surface area contributed by atoms with Gasteiger partial charge >= 0.3 is 0 Å². The SMILES string of the molecule is C1=Cc2cc(-c3ccc4c(c3)c3ccccc3n4-c3ccccc3)ccc2N(c2cc(-c3ccccc3)cc(-c3ccccc3)c2)c2ccccc21. The zero-order valence-electron chi connectivity index (χ0n) is 28.5. The molecular formula is C50H34N2. The normalized spacial score (nSPS) is 12.1. The molecule has 2 heteroatoms. The Morgan fingerprint density at radius 1 is 0.288 bits per heavy atom. The topological polar surface area (TPSA) is 8.17 Å². The molecule has 0 radical (unpaired) electrons. The van der Waals surface area contributed by atoms with E-state index in [4.69, 9.17) is 0 Å². The Bertz CT molecular complexity index is 2720. The zero-order valence-corrected chi connectivity index (χ0v) is 28.5. The van der Waals surface area contributed by atoms with Crippen molar-refractivity contribution in [1.29, 1.82) is 0 Å². The van der Waals surface area contributed by atoms with Gasteiger partial charge in [-0.2, -0.15) is 0 Å². The van der Waals surface area contributed by atoms with Gasteiger partial charge in [0.15, 0.2) is 0 Å². The minimum absolute atomic E-state index is 1.13. The Morgan fingerprint density at radius 3 is 1.60 bits per heavy atom. The van der Waals surface area contributed by atoms with Crippen molar-refractivity contribution in [3.8, 4) is 39.1 Å². The fourth-order valence-corrected chi connectivity index (χ4v) is 7.83. The molecule has 2 heterocycles. The summed E-state index contributed by atoms with van der Waals surface area (Å²) in [7, 11) is 0. The summed E-state index contributed by atoms with van der Waals surface area (Å²) in [6.07, 6.45) is 4.53. The van der Waals surface area contributed by atoms with Crippen molar-refractivity contribution >= 4 is 51.0 Å². The molecule has 2 nitrogen and oxygen atoms in total. The van der Waals surface area contributed by atoms with E-state index >= 15 is 0 Å². The van der Waals surface area contributed by atoms with Gasteiger partial charge in [-0.15, -0.1) is 0 Å². The van der Waals surface area contributed by atoms with Gasteiger partial charge in [-0.3, -0.25) is 0 Å². The summed E-state index contributed by atoms with van der Waals surface area (Å²) < 4.78 is 2.37. The Hall–Kier alpha value is -6.90. The van der Waals surface area contributed by atoms with E-state index in [1.807, 2.05) is 0 Å². The zero-order chi connectivity index (χ0) is 34.4. The molecule has 244 valence electrons. The molecular weight excluding hydrogens is 629 g/mol. The van der Waals surface area contributed by atoms with E-state index < -0.39 is 0 Å². The van der Waals surface area contributed by atoms with Gasteiger partial charge in [0.2, 0.25) is 0 Å². The smallest absolute Gasteiger partial charge is 0.0541 e. The fourth-order valence-electron chi connectivity index (χ4n) is 7.83. The number of nitrogens with zero attached hydrogens (tertiary/aromatic N) is 2. The van der Waals surface area contributed by atoms with Crippen LogP contribution in [-0.2, 0) is 0 Å². The van der Waals surface area contributed by atoms with Crippen LogP contribution in [0.1, 0.15) is 11.1 Å². The first-order valence-electron chi connectivity index (χ1n) is 17.8.